The Kier molecular flexibility index (Phi) is 5.58. The van der Waals surface area contributed by atoms with E-state index in [1.54, 1.807) is 18.6 Å². The third-order valence-corrected chi connectivity index (χ3v) is 6.68. The molecule has 1 aliphatic rings. The summed E-state index contributed by atoms with van der Waals surface area (Å²) in [7, 11) is 0. The molecular formula is C27H29N9O. The van der Waals surface area contributed by atoms with Crippen LogP contribution in [0.15, 0.2) is 43.0 Å². The minimum Gasteiger partial charge on any atom is -0.368 e. The maximum atomic E-state index is 12.4. The number of carbonyl (C=O) groups excluding carboxylic acids is 1. The van der Waals surface area contributed by atoms with E-state index in [1.165, 1.54) is 19.3 Å². The topological polar surface area (TPSA) is 128 Å². The molecule has 0 radical (unpaired) electrons. The fourth-order valence-corrected chi connectivity index (χ4v) is 4.59. The molecule has 0 spiro atoms. The van der Waals surface area contributed by atoms with Gasteiger partial charge in [-0.2, -0.15) is 5.10 Å². The van der Waals surface area contributed by atoms with Gasteiger partial charge in [0, 0.05) is 30.3 Å². The lowest BCUT2D eigenvalue weighted by Gasteiger charge is -2.28. The number of nitrogens with zero attached hydrogens (tertiary/aromatic N) is 6. The van der Waals surface area contributed by atoms with Crippen molar-refractivity contribution in [2.75, 3.05) is 23.3 Å². The second kappa shape index (κ2) is 8.95. The first-order chi connectivity index (χ1) is 17.9. The predicted octanol–water partition coefficient (Wildman–Crippen LogP) is 4.93. The molecule has 10 nitrogen and oxygen atoms in total. The van der Waals surface area contributed by atoms with Crippen molar-refractivity contribution in [3.63, 3.8) is 0 Å². The molecule has 5 aromatic rings. The molecule has 0 aliphatic carbocycles. The zero-order valence-electron chi connectivity index (χ0n) is 21.2. The van der Waals surface area contributed by atoms with Crippen molar-refractivity contribution < 1.29 is 4.79 Å². The molecule has 0 saturated carbocycles. The Hall–Kier alpha value is -4.34. The number of rotatable bonds is 4. The highest BCUT2D eigenvalue weighted by Gasteiger charge is 2.22. The van der Waals surface area contributed by atoms with Crippen molar-refractivity contribution in [1.82, 2.24) is 35.1 Å². The number of hydrogen-bond acceptors (Lipinski definition) is 7. The van der Waals surface area contributed by atoms with Gasteiger partial charge in [0.1, 0.15) is 11.0 Å². The van der Waals surface area contributed by atoms with E-state index in [2.05, 4.69) is 35.4 Å². The number of amides is 1. The summed E-state index contributed by atoms with van der Waals surface area (Å²) in [6.07, 6.45) is 10.7. The summed E-state index contributed by atoms with van der Waals surface area (Å²) in [5.41, 5.74) is 6.60. The van der Waals surface area contributed by atoms with E-state index >= 15 is 0 Å². The molecule has 188 valence electrons. The van der Waals surface area contributed by atoms with E-state index in [0.29, 0.717) is 22.7 Å². The minimum atomic E-state index is -0.505. The Morgan fingerprint density at radius 1 is 0.946 bits per heavy atom. The van der Waals surface area contributed by atoms with Crippen LogP contribution in [0.3, 0.4) is 0 Å². The number of aromatic amines is 2. The zero-order chi connectivity index (χ0) is 25.6. The van der Waals surface area contributed by atoms with Gasteiger partial charge in [0.25, 0.3) is 0 Å². The molecule has 6 heterocycles. The number of anilines is 2. The summed E-state index contributed by atoms with van der Waals surface area (Å²) in [6, 6.07) is 5.73. The number of pyridine rings is 3. The number of carbonyl (C=O) groups is 1. The molecule has 0 unspecified atom stereocenters. The summed E-state index contributed by atoms with van der Waals surface area (Å²) >= 11 is 0. The van der Waals surface area contributed by atoms with E-state index in [9.17, 15) is 4.79 Å². The average Bonchev–Trinajstić information content (AvgIpc) is 3.52. The van der Waals surface area contributed by atoms with E-state index in [0.717, 1.165) is 46.6 Å². The van der Waals surface area contributed by atoms with Crippen molar-refractivity contribution in [2.45, 2.75) is 40.0 Å². The van der Waals surface area contributed by atoms with Crippen LogP contribution in [0, 0.1) is 5.41 Å². The lowest BCUT2D eigenvalue weighted by Crippen LogP contribution is -2.29. The standard InChI is InChI=1S/C27H29N9O/c1-27(2,3)26(37)30-17-11-16(12-28-13-17)18-7-8-19-23(31-18)24(35-34-19)25-32-20-14-29-15-21(22(20)33-25)36-9-5-4-6-10-36/h7-8,11-15H,4-6,9-10H2,1-3H3,(H,30,37)(H,32,33)(H,34,35). The largest absolute Gasteiger partial charge is 0.368 e. The van der Waals surface area contributed by atoms with Crippen LogP contribution < -0.4 is 10.2 Å². The average molecular weight is 496 g/mol. The summed E-state index contributed by atoms with van der Waals surface area (Å²) in [5.74, 6) is 0.566. The van der Waals surface area contributed by atoms with Crippen molar-refractivity contribution in [3.05, 3.63) is 43.0 Å². The molecule has 1 amide bonds. The maximum absolute atomic E-state index is 12.4. The third kappa shape index (κ3) is 4.39. The van der Waals surface area contributed by atoms with Crippen LogP contribution in [0.2, 0.25) is 0 Å². The highest BCUT2D eigenvalue weighted by Crippen LogP contribution is 2.32. The van der Waals surface area contributed by atoms with E-state index in [4.69, 9.17) is 9.97 Å². The molecule has 0 aromatic carbocycles. The molecule has 1 aliphatic heterocycles. The van der Waals surface area contributed by atoms with Crippen LogP contribution in [-0.4, -0.2) is 54.1 Å². The van der Waals surface area contributed by atoms with E-state index in [-0.39, 0.29) is 5.91 Å². The van der Waals surface area contributed by atoms with Crippen molar-refractivity contribution >= 4 is 39.3 Å². The monoisotopic (exact) mass is 495 g/mol. The van der Waals surface area contributed by atoms with Gasteiger partial charge in [-0.15, -0.1) is 0 Å². The Morgan fingerprint density at radius 2 is 1.76 bits per heavy atom. The van der Waals surface area contributed by atoms with Crippen LogP contribution in [0.1, 0.15) is 40.0 Å². The van der Waals surface area contributed by atoms with Crippen LogP contribution >= 0.6 is 0 Å². The van der Waals surface area contributed by atoms with E-state index in [1.807, 2.05) is 45.2 Å². The molecule has 37 heavy (non-hydrogen) atoms. The fraction of sp³-hybridized carbons (Fsp3) is 0.333. The zero-order valence-corrected chi connectivity index (χ0v) is 21.2. The Labute approximate surface area is 214 Å². The van der Waals surface area contributed by atoms with Gasteiger partial charge in [-0.25, -0.2) is 9.97 Å². The molecule has 5 aromatic heterocycles. The SMILES string of the molecule is CC(C)(C)C(=O)Nc1cncc(-c2ccc3[nH]nc(-c4nc5c(N6CCCCC6)cncc5[nH]4)c3n2)c1. The second-order valence-electron chi connectivity index (χ2n) is 10.5. The first-order valence-corrected chi connectivity index (χ1v) is 12.6. The molecule has 1 saturated heterocycles. The summed E-state index contributed by atoms with van der Waals surface area (Å²) in [6.45, 7) is 7.66. The number of nitrogens with one attached hydrogen (secondary N) is 3. The Balaban J connectivity index is 1.37. The van der Waals surface area contributed by atoms with Crippen LogP contribution in [0.25, 0.3) is 44.8 Å². The van der Waals surface area contributed by atoms with Gasteiger partial charge in [-0.1, -0.05) is 20.8 Å². The first kappa shape index (κ1) is 23.1. The Morgan fingerprint density at radius 3 is 2.57 bits per heavy atom. The highest BCUT2D eigenvalue weighted by molar-refractivity contribution is 5.96. The molecule has 6 rings (SSSR count). The van der Waals surface area contributed by atoms with Gasteiger partial charge in [0.05, 0.1) is 46.7 Å². The molecule has 10 heteroatoms. The van der Waals surface area contributed by atoms with Gasteiger partial charge < -0.3 is 15.2 Å². The molecule has 1 fully saturated rings. The fourth-order valence-electron chi connectivity index (χ4n) is 4.59. The smallest absolute Gasteiger partial charge is 0.229 e. The lowest BCUT2D eigenvalue weighted by molar-refractivity contribution is -0.123. The van der Waals surface area contributed by atoms with Crippen LogP contribution in [0.4, 0.5) is 11.4 Å². The Bertz CT molecular complexity index is 1610. The number of fused-ring (bicyclic) bond motifs is 2. The van der Waals surface area contributed by atoms with Crippen molar-refractivity contribution in [3.8, 4) is 22.8 Å². The number of hydrogen-bond donors (Lipinski definition) is 3. The van der Waals surface area contributed by atoms with Crippen LogP contribution in [-0.2, 0) is 4.79 Å². The highest BCUT2D eigenvalue weighted by atomic mass is 16.2. The van der Waals surface area contributed by atoms with Gasteiger partial charge in [-0.05, 0) is 37.5 Å². The predicted molar refractivity (Wildman–Crippen MR) is 144 cm³/mol. The molecule has 0 atom stereocenters. The summed E-state index contributed by atoms with van der Waals surface area (Å²) in [4.78, 5) is 36.8. The first-order valence-electron chi connectivity index (χ1n) is 12.6. The summed E-state index contributed by atoms with van der Waals surface area (Å²) in [5, 5.41) is 10.5. The van der Waals surface area contributed by atoms with Crippen LogP contribution in [0.5, 0.6) is 0 Å². The molecular weight excluding hydrogens is 466 g/mol. The summed E-state index contributed by atoms with van der Waals surface area (Å²) < 4.78 is 0. The lowest BCUT2D eigenvalue weighted by atomic mass is 9.95. The number of imidazole rings is 1. The quantitative estimate of drug-likeness (QED) is 0.322. The van der Waals surface area contributed by atoms with Gasteiger partial charge in [-0.3, -0.25) is 19.9 Å². The normalized spacial score (nSPS) is 14.4. The molecule has 0 bridgehead atoms. The number of aromatic nitrogens is 7. The van der Waals surface area contributed by atoms with E-state index < -0.39 is 5.41 Å². The minimum absolute atomic E-state index is 0.0738. The third-order valence-electron chi connectivity index (χ3n) is 6.68. The maximum Gasteiger partial charge on any atom is 0.229 e. The number of piperidine rings is 1. The van der Waals surface area contributed by atoms with Crippen molar-refractivity contribution in [1.29, 1.82) is 0 Å². The second-order valence-corrected chi connectivity index (χ2v) is 10.5. The van der Waals surface area contributed by atoms with Gasteiger partial charge >= 0.3 is 0 Å². The molecule has 3 N–H and O–H groups in total. The number of H-pyrrole nitrogens is 2. The van der Waals surface area contributed by atoms with Crippen molar-refractivity contribution in [2.24, 2.45) is 5.41 Å². The van der Waals surface area contributed by atoms with Gasteiger partial charge in [0.15, 0.2) is 11.5 Å². The van der Waals surface area contributed by atoms with Gasteiger partial charge in [0.2, 0.25) is 5.91 Å².